The van der Waals surface area contributed by atoms with Crippen LogP contribution in [0.4, 0.5) is 0 Å². The number of hydrogen-bond donors (Lipinski definition) is 2. The van der Waals surface area contributed by atoms with Crippen molar-refractivity contribution in [3.05, 3.63) is 0 Å². The van der Waals surface area contributed by atoms with Crippen LogP contribution >= 0.6 is 0 Å². The molecule has 0 aliphatic carbocycles. The third-order valence-corrected chi connectivity index (χ3v) is 2.68. The van der Waals surface area contributed by atoms with Crippen LogP contribution in [-0.4, -0.2) is 35.7 Å². The maximum atomic E-state index is 11.6. The average Bonchev–Trinajstić information content (AvgIpc) is 2.76. The molecule has 1 rings (SSSR count). The van der Waals surface area contributed by atoms with Crippen molar-refractivity contribution in [1.29, 1.82) is 0 Å². The van der Waals surface area contributed by atoms with E-state index in [-0.39, 0.29) is 5.91 Å². The standard InChI is InChI=1S/C11H19NO4/c1-2-3-5-8(11(14)15)12-10(13)9-6-4-7-16-9/h8-9H,2-7H2,1H3,(H,12,13)(H,14,15)/t8-,9+/m0/s1. The molecule has 0 aromatic heterocycles. The number of unbranched alkanes of at least 4 members (excludes halogenated alkanes) is 1. The van der Waals surface area contributed by atoms with E-state index in [9.17, 15) is 9.59 Å². The Morgan fingerprint density at radius 2 is 2.31 bits per heavy atom. The molecule has 0 radical (unpaired) electrons. The third kappa shape index (κ3) is 3.81. The highest BCUT2D eigenvalue weighted by Gasteiger charge is 2.27. The van der Waals surface area contributed by atoms with Crippen molar-refractivity contribution < 1.29 is 19.4 Å². The maximum absolute atomic E-state index is 11.6. The number of carbonyl (C=O) groups is 2. The van der Waals surface area contributed by atoms with E-state index >= 15 is 0 Å². The quantitative estimate of drug-likeness (QED) is 0.710. The molecule has 1 fully saturated rings. The zero-order chi connectivity index (χ0) is 12.0. The van der Waals surface area contributed by atoms with Gasteiger partial charge in [0.05, 0.1) is 0 Å². The zero-order valence-corrected chi connectivity index (χ0v) is 9.57. The first kappa shape index (κ1) is 13.0. The van der Waals surface area contributed by atoms with Crippen molar-refractivity contribution in [1.82, 2.24) is 5.32 Å². The van der Waals surface area contributed by atoms with Crippen LogP contribution in [0.3, 0.4) is 0 Å². The van der Waals surface area contributed by atoms with Gasteiger partial charge in [0.1, 0.15) is 12.1 Å². The lowest BCUT2D eigenvalue weighted by Crippen LogP contribution is -2.45. The fourth-order valence-corrected chi connectivity index (χ4v) is 1.71. The van der Waals surface area contributed by atoms with E-state index < -0.39 is 18.1 Å². The van der Waals surface area contributed by atoms with Gasteiger partial charge in [0.25, 0.3) is 0 Å². The van der Waals surface area contributed by atoms with Gasteiger partial charge in [-0.1, -0.05) is 19.8 Å². The Bertz CT molecular complexity index is 248. The zero-order valence-electron chi connectivity index (χ0n) is 9.57. The summed E-state index contributed by atoms with van der Waals surface area (Å²) >= 11 is 0. The first-order valence-electron chi connectivity index (χ1n) is 5.80. The molecule has 1 saturated heterocycles. The summed E-state index contributed by atoms with van der Waals surface area (Å²) in [5.74, 6) is -1.26. The number of ether oxygens (including phenoxy) is 1. The van der Waals surface area contributed by atoms with Gasteiger partial charge in [-0.05, 0) is 19.3 Å². The van der Waals surface area contributed by atoms with E-state index in [4.69, 9.17) is 9.84 Å². The fourth-order valence-electron chi connectivity index (χ4n) is 1.71. The Morgan fingerprint density at radius 3 is 2.81 bits per heavy atom. The van der Waals surface area contributed by atoms with Crippen molar-refractivity contribution in [2.24, 2.45) is 0 Å². The summed E-state index contributed by atoms with van der Waals surface area (Å²) < 4.78 is 5.19. The van der Waals surface area contributed by atoms with Crippen molar-refractivity contribution in [3.8, 4) is 0 Å². The van der Waals surface area contributed by atoms with Crippen LogP contribution in [0.2, 0.25) is 0 Å². The number of carboxylic acids is 1. The number of carboxylic acid groups (broad SMARTS) is 1. The molecule has 0 aromatic carbocycles. The van der Waals surface area contributed by atoms with Gasteiger partial charge in [-0.25, -0.2) is 4.79 Å². The molecule has 0 bridgehead atoms. The molecule has 0 aromatic rings. The summed E-state index contributed by atoms with van der Waals surface area (Å²) in [6.07, 6.45) is 3.28. The molecule has 2 N–H and O–H groups in total. The van der Waals surface area contributed by atoms with Crippen LogP contribution in [0.25, 0.3) is 0 Å². The molecular weight excluding hydrogens is 210 g/mol. The minimum absolute atomic E-state index is 0.291. The first-order chi connectivity index (χ1) is 7.65. The van der Waals surface area contributed by atoms with Crippen LogP contribution in [0.5, 0.6) is 0 Å². The number of amides is 1. The molecule has 0 unspecified atom stereocenters. The molecule has 1 heterocycles. The Labute approximate surface area is 95.2 Å². The molecule has 5 heteroatoms. The highest BCUT2D eigenvalue weighted by molar-refractivity contribution is 5.86. The van der Waals surface area contributed by atoms with Crippen LogP contribution < -0.4 is 5.32 Å². The molecule has 92 valence electrons. The summed E-state index contributed by atoms with van der Waals surface area (Å²) in [5.41, 5.74) is 0. The lowest BCUT2D eigenvalue weighted by Gasteiger charge is -2.16. The molecular formula is C11H19NO4. The number of aliphatic carboxylic acids is 1. The van der Waals surface area contributed by atoms with Crippen LogP contribution in [0.1, 0.15) is 39.0 Å². The van der Waals surface area contributed by atoms with Gasteiger partial charge in [0, 0.05) is 6.61 Å². The molecule has 16 heavy (non-hydrogen) atoms. The lowest BCUT2D eigenvalue weighted by atomic mass is 10.1. The van der Waals surface area contributed by atoms with Crippen LogP contribution in [0, 0.1) is 0 Å². The van der Waals surface area contributed by atoms with E-state index in [2.05, 4.69) is 5.32 Å². The van der Waals surface area contributed by atoms with Gasteiger partial charge in [-0.3, -0.25) is 4.79 Å². The number of nitrogens with one attached hydrogen (secondary N) is 1. The molecule has 5 nitrogen and oxygen atoms in total. The second-order valence-electron chi connectivity index (χ2n) is 4.04. The molecule has 0 saturated carbocycles. The van der Waals surface area contributed by atoms with Crippen LogP contribution in [0.15, 0.2) is 0 Å². The fraction of sp³-hybridized carbons (Fsp3) is 0.818. The van der Waals surface area contributed by atoms with Gasteiger partial charge in [-0.15, -0.1) is 0 Å². The second kappa shape index (κ2) is 6.48. The summed E-state index contributed by atoms with van der Waals surface area (Å²) in [6.45, 7) is 2.57. The van der Waals surface area contributed by atoms with E-state index in [1.165, 1.54) is 0 Å². The van der Waals surface area contributed by atoms with Crippen molar-refractivity contribution in [3.63, 3.8) is 0 Å². The predicted octanol–water partition coefficient (Wildman–Crippen LogP) is 0.925. The second-order valence-corrected chi connectivity index (χ2v) is 4.04. The normalized spacial score (nSPS) is 21.7. The monoisotopic (exact) mass is 229 g/mol. The summed E-state index contributed by atoms with van der Waals surface area (Å²) in [6, 6.07) is -0.781. The smallest absolute Gasteiger partial charge is 0.326 e. The minimum atomic E-state index is -0.972. The summed E-state index contributed by atoms with van der Waals surface area (Å²) in [4.78, 5) is 22.5. The Morgan fingerprint density at radius 1 is 1.56 bits per heavy atom. The van der Waals surface area contributed by atoms with Crippen LogP contribution in [-0.2, 0) is 14.3 Å². The van der Waals surface area contributed by atoms with E-state index in [1.54, 1.807) is 0 Å². The highest BCUT2D eigenvalue weighted by atomic mass is 16.5. The van der Waals surface area contributed by atoms with Crippen molar-refractivity contribution >= 4 is 11.9 Å². The topological polar surface area (TPSA) is 75.6 Å². The maximum Gasteiger partial charge on any atom is 0.326 e. The number of hydrogen-bond acceptors (Lipinski definition) is 3. The SMILES string of the molecule is CCCC[C@H](NC(=O)[C@H]1CCCO1)C(=O)O. The van der Waals surface area contributed by atoms with E-state index in [0.717, 1.165) is 19.3 Å². The molecule has 1 aliphatic rings. The van der Waals surface area contributed by atoms with Gasteiger partial charge in [0.2, 0.25) is 5.91 Å². The largest absolute Gasteiger partial charge is 0.480 e. The van der Waals surface area contributed by atoms with Crippen molar-refractivity contribution in [2.75, 3.05) is 6.61 Å². The minimum Gasteiger partial charge on any atom is -0.480 e. The Kier molecular flexibility index (Phi) is 5.25. The lowest BCUT2D eigenvalue weighted by molar-refractivity contribution is -0.143. The molecule has 1 amide bonds. The Hall–Kier alpha value is -1.10. The molecule has 0 spiro atoms. The van der Waals surface area contributed by atoms with Gasteiger partial charge in [0.15, 0.2) is 0 Å². The third-order valence-electron chi connectivity index (χ3n) is 2.68. The Balaban J connectivity index is 2.40. The molecule has 2 atom stereocenters. The molecule has 1 aliphatic heterocycles. The summed E-state index contributed by atoms with van der Waals surface area (Å²) in [5, 5.41) is 11.5. The van der Waals surface area contributed by atoms with Gasteiger partial charge in [-0.2, -0.15) is 0 Å². The number of carbonyl (C=O) groups excluding carboxylic acids is 1. The van der Waals surface area contributed by atoms with Gasteiger partial charge >= 0.3 is 5.97 Å². The van der Waals surface area contributed by atoms with E-state index in [0.29, 0.717) is 19.4 Å². The average molecular weight is 229 g/mol. The van der Waals surface area contributed by atoms with Crippen molar-refractivity contribution in [2.45, 2.75) is 51.2 Å². The highest BCUT2D eigenvalue weighted by Crippen LogP contribution is 2.12. The summed E-state index contributed by atoms with van der Waals surface area (Å²) in [7, 11) is 0. The number of rotatable bonds is 6. The van der Waals surface area contributed by atoms with Gasteiger partial charge < -0.3 is 15.2 Å². The van der Waals surface area contributed by atoms with E-state index in [1.807, 2.05) is 6.92 Å². The first-order valence-corrected chi connectivity index (χ1v) is 5.80. The predicted molar refractivity (Wildman–Crippen MR) is 58.1 cm³/mol.